The molecular weight excluding hydrogens is 292 g/mol. The Labute approximate surface area is 134 Å². The molecule has 0 aliphatic carbocycles. The number of aryl methyl sites for hydroxylation is 1. The smallest absolute Gasteiger partial charge is 0.277 e. The first-order chi connectivity index (χ1) is 11.0. The van der Waals surface area contributed by atoms with Gasteiger partial charge in [0.05, 0.1) is 17.9 Å². The van der Waals surface area contributed by atoms with E-state index in [1.807, 2.05) is 45.0 Å². The van der Waals surface area contributed by atoms with Gasteiger partial charge in [-0.3, -0.25) is 9.48 Å². The number of H-pyrrole nitrogens is 1. The lowest BCUT2D eigenvalue weighted by Crippen LogP contribution is -2.12. The first kappa shape index (κ1) is 15.3. The van der Waals surface area contributed by atoms with Gasteiger partial charge in [0.2, 0.25) is 0 Å². The van der Waals surface area contributed by atoms with Crippen LogP contribution in [0.5, 0.6) is 5.75 Å². The minimum atomic E-state index is -0.196. The maximum absolute atomic E-state index is 12.5. The van der Waals surface area contributed by atoms with Crippen molar-refractivity contribution in [3.8, 4) is 17.1 Å². The number of benzene rings is 1. The van der Waals surface area contributed by atoms with E-state index in [1.165, 1.54) is 0 Å². The minimum Gasteiger partial charge on any atom is -0.493 e. The Morgan fingerprint density at radius 1 is 1.30 bits per heavy atom. The summed E-state index contributed by atoms with van der Waals surface area (Å²) < 4.78 is 7.24. The average molecular weight is 312 g/mol. The van der Waals surface area contributed by atoms with Gasteiger partial charge in [0.25, 0.3) is 5.56 Å². The van der Waals surface area contributed by atoms with Crippen LogP contribution in [0.3, 0.4) is 0 Å². The number of aromatic amines is 1. The molecule has 0 fully saturated rings. The van der Waals surface area contributed by atoms with Crippen molar-refractivity contribution in [3.63, 3.8) is 0 Å². The number of hydrogen-bond acceptors (Lipinski definition) is 4. The molecule has 0 radical (unpaired) electrons. The molecule has 2 aromatic heterocycles. The minimum absolute atomic E-state index is 0.183. The average Bonchev–Trinajstić information content (AvgIpc) is 2.86. The van der Waals surface area contributed by atoms with E-state index in [0.717, 1.165) is 11.3 Å². The summed E-state index contributed by atoms with van der Waals surface area (Å²) >= 11 is 0. The molecule has 6 heteroatoms. The quantitative estimate of drug-likeness (QED) is 0.804. The second-order valence-corrected chi connectivity index (χ2v) is 5.70. The first-order valence-corrected chi connectivity index (χ1v) is 7.72. The fraction of sp³-hybridized carbons (Fsp3) is 0.353. The third-order valence-electron chi connectivity index (χ3n) is 3.71. The van der Waals surface area contributed by atoms with Gasteiger partial charge < -0.3 is 9.72 Å². The molecule has 0 amide bonds. The van der Waals surface area contributed by atoms with Gasteiger partial charge in [0, 0.05) is 7.05 Å². The second kappa shape index (κ2) is 5.87. The highest BCUT2D eigenvalue weighted by Gasteiger charge is 2.18. The topological polar surface area (TPSA) is 72.8 Å². The fourth-order valence-electron chi connectivity index (χ4n) is 2.66. The Kier molecular flexibility index (Phi) is 3.90. The predicted molar refractivity (Wildman–Crippen MR) is 89.8 cm³/mol. The van der Waals surface area contributed by atoms with Gasteiger partial charge in [-0.15, -0.1) is 0 Å². The van der Waals surface area contributed by atoms with Gasteiger partial charge in [-0.1, -0.05) is 26.0 Å². The SMILES string of the molecule is CCOc1ccccc1-c1nc2c(C(C)C)nn(C)c2c(=O)[nH]1. The molecule has 6 nitrogen and oxygen atoms in total. The van der Waals surface area contributed by atoms with Crippen LogP contribution in [0.15, 0.2) is 29.1 Å². The van der Waals surface area contributed by atoms with Gasteiger partial charge in [-0.2, -0.15) is 5.10 Å². The van der Waals surface area contributed by atoms with E-state index in [9.17, 15) is 4.79 Å². The molecule has 0 spiro atoms. The molecule has 3 rings (SSSR count). The molecule has 0 aliphatic heterocycles. The van der Waals surface area contributed by atoms with Crippen LogP contribution in [0.2, 0.25) is 0 Å². The number of fused-ring (bicyclic) bond motifs is 1. The second-order valence-electron chi connectivity index (χ2n) is 5.70. The van der Waals surface area contributed by atoms with Crippen molar-refractivity contribution < 1.29 is 4.74 Å². The summed E-state index contributed by atoms with van der Waals surface area (Å²) in [6, 6.07) is 7.56. The number of para-hydroxylation sites is 1. The third kappa shape index (κ3) is 2.60. The molecule has 0 atom stereocenters. The highest BCUT2D eigenvalue weighted by Crippen LogP contribution is 2.28. The molecule has 3 aromatic rings. The maximum Gasteiger partial charge on any atom is 0.277 e. The Morgan fingerprint density at radius 3 is 2.74 bits per heavy atom. The summed E-state index contributed by atoms with van der Waals surface area (Å²) in [5.41, 5.74) is 2.53. The van der Waals surface area contributed by atoms with Crippen LogP contribution in [0.1, 0.15) is 32.4 Å². The summed E-state index contributed by atoms with van der Waals surface area (Å²) in [4.78, 5) is 20.0. The highest BCUT2D eigenvalue weighted by atomic mass is 16.5. The van der Waals surface area contributed by atoms with Crippen molar-refractivity contribution in [2.45, 2.75) is 26.7 Å². The predicted octanol–water partition coefficient (Wildman–Crippen LogP) is 2.85. The number of aromatic nitrogens is 4. The van der Waals surface area contributed by atoms with Crippen LogP contribution in [0, 0.1) is 0 Å². The monoisotopic (exact) mass is 312 g/mol. The van der Waals surface area contributed by atoms with Crippen LogP contribution in [0.4, 0.5) is 0 Å². The number of rotatable bonds is 4. The van der Waals surface area contributed by atoms with Gasteiger partial charge in [-0.25, -0.2) is 4.98 Å². The lowest BCUT2D eigenvalue weighted by molar-refractivity contribution is 0.341. The summed E-state index contributed by atoms with van der Waals surface area (Å²) in [6.07, 6.45) is 0. The van der Waals surface area contributed by atoms with Crippen LogP contribution in [-0.4, -0.2) is 26.4 Å². The van der Waals surface area contributed by atoms with Gasteiger partial charge in [-0.05, 0) is 25.0 Å². The van der Waals surface area contributed by atoms with Crippen molar-refractivity contribution in [3.05, 3.63) is 40.3 Å². The molecule has 2 heterocycles. The summed E-state index contributed by atoms with van der Waals surface area (Å²) in [5, 5.41) is 4.45. The van der Waals surface area contributed by atoms with E-state index in [1.54, 1.807) is 11.7 Å². The van der Waals surface area contributed by atoms with E-state index >= 15 is 0 Å². The van der Waals surface area contributed by atoms with Gasteiger partial charge >= 0.3 is 0 Å². The third-order valence-corrected chi connectivity index (χ3v) is 3.71. The van der Waals surface area contributed by atoms with Crippen LogP contribution < -0.4 is 10.3 Å². The summed E-state index contributed by atoms with van der Waals surface area (Å²) in [7, 11) is 1.76. The van der Waals surface area contributed by atoms with Crippen molar-refractivity contribution in [1.29, 1.82) is 0 Å². The van der Waals surface area contributed by atoms with Gasteiger partial charge in [0.1, 0.15) is 17.1 Å². The van der Waals surface area contributed by atoms with Crippen LogP contribution in [-0.2, 0) is 7.05 Å². The van der Waals surface area contributed by atoms with E-state index in [-0.39, 0.29) is 11.5 Å². The summed E-state index contributed by atoms with van der Waals surface area (Å²) in [5.74, 6) is 1.39. The molecule has 0 saturated heterocycles. The zero-order valence-electron chi connectivity index (χ0n) is 13.8. The van der Waals surface area contributed by atoms with Crippen LogP contribution in [0.25, 0.3) is 22.4 Å². The van der Waals surface area contributed by atoms with Crippen LogP contribution >= 0.6 is 0 Å². The highest BCUT2D eigenvalue weighted by molar-refractivity contribution is 5.80. The van der Waals surface area contributed by atoms with E-state index in [4.69, 9.17) is 4.74 Å². The first-order valence-electron chi connectivity index (χ1n) is 7.72. The normalized spacial score (nSPS) is 11.3. The Hall–Kier alpha value is -2.63. The van der Waals surface area contributed by atoms with Crippen molar-refractivity contribution in [2.75, 3.05) is 6.61 Å². The zero-order valence-corrected chi connectivity index (χ0v) is 13.8. The Bertz CT molecular complexity index is 909. The summed E-state index contributed by atoms with van der Waals surface area (Å²) in [6.45, 7) is 6.55. The van der Waals surface area contributed by atoms with Crippen molar-refractivity contribution >= 4 is 11.0 Å². The molecule has 120 valence electrons. The molecule has 1 N–H and O–H groups in total. The largest absolute Gasteiger partial charge is 0.493 e. The lowest BCUT2D eigenvalue weighted by Gasteiger charge is -2.09. The number of ether oxygens (including phenoxy) is 1. The molecule has 1 aromatic carbocycles. The number of hydrogen-bond donors (Lipinski definition) is 1. The number of nitrogens with zero attached hydrogens (tertiary/aromatic N) is 3. The van der Waals surface area contributed by atoms with Gasteiger partial charge in [0.15, 0.2) is 5.52 Å². The molecular formula is C17H20N4O2. The molecule has 0 bridgehead atoms. The van der Waals surface area contributed by atoms with E-state index in [2.05, 4.69) is 15.1 Å². The maximum atomic E-state index is 12.5. The Morgan fingerprint density at radius 2 is 2.04 bits per heavy atom. The zero-order chi connectivity index (χ0) is 16.6. The fourth-order valence-corrected chi connectivity index (χ4v) is 2.66. The van der Waals surface area contributed by atoms with Crippen molar-refractivity contribution in [2.24, 2.45) is 7.05 Å². The van der Waals surface area contributed by atoms with E-state index in [0.29, 0.717) is 29.2 Å². The molecule has 23 heavy (non-hydrogen) atoms. The standard InChI is InChI=1S/C17H20N4O2/c1-5-23-12-9-7-6-8-11(12)16-18-14-13(10(2)3)20-21(4)15(14)17(22)19-16/h6-10H,5H2,1-4H3,(H,18,19,22). The van der Waals surface area contributed by atoms with Crippen molar-refractivity contribution in [1.82, 2.24) is 19.7 Å². The molecule has 0 unspecified atom stereocenters. The lowest BCUT2D eigenvalue weighted by atomic mass is 10.1. The van der Waals surface area contributed by atoms with E-state index < -0.39 is 0 Å². The molecule has 0 saturated carbocycles. The number of nitrogens with one attached hydrogen (secondary N) is 1. The molecule has 0 aliphatic rings. The Balaban J connectivity index is 2.28.